The lowest BCUT2D eigenvalue weighted by Gasteiger charge is -2.12. The fraction of sp³-hybridized carbons (Fsp3) is 0.0909. The van der Waals surface area contributed by atoms with Crippen molar-refractivity contribution in [2.24, 2.45) is 0 Å². The normalized spacial score (nSPS) is 11.2. The SMILES string of the molecule is O=C(Nc1ccn(Cc2ccccn2)n1)c1cccnc1Nc1cccc(C(F)(F)F)c1. The summed E-state index contributed by atoms with van der Waals surface area (Å²) < 4.78 is 40.6. The maximum Gasteiger partial charge on any atom is 0.416 e. The zero-order valence-electron chi connectivity index (χ0n) is 16.5. The van der Waals surface area contributed by atoms with E-state index in [1.807, 2.05) is 18.2 Å². The lowest BCUT2D eigenvalue weighted by atomic mass is 10.2. The molecular formula is C22H17F3N6O. The first kappa shape index (κ1) is 21.0. The van der Waals surface area contributed by atoms with Crippen molar-refractivity contribution < 1.29 is 18.0 Å². The van der Waals surface area contributed by atoms with E-state index in [1.54, 1.807) is 29.2 Å². The van der Waals surface area contributed by atoms with Crippen LogP contribution >= 0.6 is 0 Å². The second-order valence-corrected chi connectivity index (χ2v) is 6.78. The standard InChI is InChI=1S/C22H17F3N6O/c23-22(24,25)15-5-3-7-16(13-15)28-20-18(8-4-11-27-20)21(32)29-19-9-12-31(30-19)14-17-6-1-2-10-26-17/h1-13H,14H2,(H,27,28)(H,29,30,32). The number of aromatic nitrogens is 4. The molecule has 1 amide bonds. The molecule has 3 aromatic heterocycles. The number of rotatable bonds is 6. The van der Waals surface area contributed by atoms with Gasteiger partial charge in [0, 0.05) is 30.3 Å². The first-order valence-electron chi connectivity index (χ1n) is 9.52. The van der Waals surface area contributed by atoms with Gasteiger partial charge in [-0.25, -0.2) is 4.98 Å². The molecule has 1 aromatic carbocycles. The van der Waals surface area contributed by atoms with Gasteiger partial charge in [0.05, 0.1) is 23.4 Å². The van der Waals surface area contributed by atoms with Crippen LogP contribution in [-0.2, 0) is 12.7 Å². The quantitative estimate of drug-likeness (QED) is 0.454. The summed E-state index contributed by atoms with van der Waals surface area (Å²) in [4.78, 5) is 21.1. The van der Waals surface area contributed by atoms with Crippen molar-refractivity contribution in [1.82, 2.24) is 19.7 Å². The van der Waals surface area contributed by atoms with Gasteiger partial charge in [0.1, 0.15) is 5.82 Å². The number of benzene rings is 1. The van der Waals surface area contributed by atoms with Gasteiger partial charge in [0.2, 0.25) is 0 Å². The molecule has 3 heterocycles. The molecule has 0 unspecified atom stereocenters. The molecule has 0 saturated carbocycles. The topological polar surface area (TPSA) is 84.7 Å². The van der Waals surface area contributed by atoms with Crippen LogP contribution in [0.5, 0.6) is 0 Å². The number of carbonyl (C=O) groups is 1. The fourth-order valence-electron chi connectivity index (χ4n) is 2.96. The minimum Gasteiger partial charge on any atom is -0.340 e. The largest absolute Gasteiger partial charge is 0.416 e. The highest BCUT2D eigenvalue weighted by atomic mass is 19.4. The Morgan fingerprint density at radius 3 is 2.59 bits per heavy atom. The van der Waals surface area contributed by atoms with Crippen LogP contribution in [0.15, 0.2) is 79.3 Å². The molecule has 0 spiro atoms. The van der Waals surface area contributed by atoms with Crippen molar-refractivity contribution >= 4 is 23.2 Å². The maximum absolute atomic E-state index is 13.0. The van der Waals surface area contributed by atoms with Gasteiger partial charge in [-0.2, -0.15) is 18.3 Å². The van der Waals surface area contributed by atoms with Crippen LogP contribution in [0, 0.1) is 0 Å². The molecule has 0 aliphatic carbocycles. The van der Waals surface area contributed by atoms with Crippen LogP contribution in [0.1, 0.15) is 21.6 Å². The molecule has 4 aromatic rings. The Labute approximate surface area is 181 Å². The van der Waals surface area contributed by atoms with Crippen molar-refractivity contribution in [3.05, 3.63) is 96.1 Å². The molecule has 0 atom stereocenters. The molecule has 0 bridgehead atoms. The monoisotopic (exact) mass is 438 g/mol. The van der Waals surface area contributed by atoms with E-state index in [-0.39, 0.29) is 17.1 Å². The van der Waals surface area contributed by atoms with Gasteiger partial charge in [-0.1, -0.05) is 12.1 Å². The smallest absolute Gasteiger partial charge is 0.340 e. The first-order valence-corrected chi connectivity index (χ1v) is 9.52. The van der Waals surface area contributed by atoms with Crippen molar-refractivity contribution in [3.8, 4) is 0 Å². The van der Waals surface area contributed by atoms with Gasteiger partial charge in [0.25, 0.3) is 5.91 Å². The van der Waals surface area contributed by atoms with E-state index in [1.165, 1.54) is 24.4 Å². The van der Waals surface area contributed by atoms with E-state index >= 15 is 0 Å². The highest BCUT2D eigenvalue weighted by molar-refractivity contribution is 6.07. The van der Waals surface area contributed by atoms with Crippen molar-refractivity contribution in [2.75, 3.05) is 10.6 Å². The molecule has 0 fully saturated rings. The third-order valence-corrected chi connectivity index (χ3v) is 4.44. The lowest BCUT2D eigenvalue weighted by Crippen LogP contribution is -2.15. The van der Waals surface area contributed by atoms with Crippen LogP contribution in [0.3, 0.4) is 0 Å². The third-order valence-electron chi connectivity index (χ3n) is 4.44. The number of pyridine rings is 2. The number of anilines is 3. The van der Waals surface area contributed by atoms with E-state index in [0.29, 0.717) is 12.4 Å². The first-order chi connectivity index (χ1) is 15.4. The van der Waals surface area contributed by atoms with Gasteiger partial charge in [-0.05, 0) is 42.5 Å². The molecule has 0 saturated heterocycles. The Kier molecular flexibility index (Phi) is 5.84. The summed E-state index contributed by atoms with van der Waals surface area (Å²) in [5.74, 6) is -0.0623. The number of hydrogen-bond donors (Lipinski definition) is 2. The Morgan fingerprint density at radius 1 is 0.969 bits per heavy atom. The van der Waals surface area contributed by atoms with Crippen LogP contribution in [0.4, 0.5) is 30.5 Å². The zero-order chi connectivity index (χ0) is 22.6. The molecule has 7 nitrogen and oxygen atoms in total. The van der Waals surface area contributed by atoms with Gasteiger partial charge >= 0.3 is 6.18 Å². The van der Waals surface area contributed by atoms with E-state index in [0.717, 1.165) is 17.8 Å². The highest BCUT2D eigenvalue weighted by Crippen LogP contribution is 2.31. The molecule has 10 heteroatoms. The van der Waals surface area contributed by atoms with Crippen LogP contribution < -0.4 is 10.6 Å². The van der Waals surface area contributed by atoms with Gasteiger partial charge < -0.3 is 10.6 Å². The van der Waals surface area contributed by atoms with Crippen molar-refractivity contribution in [3.63, 3.8) is 0 Å². The van der Waals surface area contributed by atoms with Gasteiger partial charge in [-0.15, -0.1) is 0 Å². The predicted molar refractivity (Wildman–Crippen MR) is 112 cm³/mol. The third kappa shape index (κ3) is 5.09. The second-order valence-electron chi connectivity index (χ2n) is 6.78. The van der Waals surface area contributed by atoms with Crippen LogP contribution in [0.2, 0.25) is 0 Å². The average molecular weight is 438 g/mol. The summed E-state index contributed by atoms with van der Waals surface area (Å²) in [6.45, 7) is 0.436. The summed E-state index contributed by atoms with van der Waals surface area (Å²) in [5, 5.41) is 9.76. The molecule has 0 aliphatic rings. The molecule has 0 radical (unpaired) electrons. The summed E-state index contributed by atoms with van der Waals surface area (Å²) in [6.07, 6.45) is 0.350. The van der Waals surface area contributed by atoms with E-state index < -0.39 is 17.6 Å². The second kappa shape index (κ2) is 8.88. The number of halogens is 3. The highest BCUT2D eigenvalue weighted by Gasteiger charge is 2.30. The Balaban J connectivity index is 1.49. The van der Waals surface area contributed by atoms with Gasteiger partial charge in [-0.3, -0.25) is 14.5 Å². The summed E-state index contributed by atoms with van der Waals surface area (Å²) in [6, 6.07) is 14.9. The number of carbonyl (C=O) groups excluding carboxylic acids is 1. The lowest BCUT2D eigenvalue weighted by molar-refractivity contribution is -0.137. The molecule has 162 valence electrons. The Bertz CT molecular complexity index is 1220. The number of nitrogens with zero attached hydrogens (tertiary/aromatic N) is 4. The minimum atomic E-state index is -4.48. The van der Waals surface area contributed by atoms with E-state index in [4.69, 9.17) is 0 Å². The average Bonchev–Trinajstić information content (AvgIpc) is 3.21. The molecule has 4 rings (SSSR count). The zero-order valence-corrected chi connectivity index (χ0v) is 16.5. The Morgan fingerprint density at radius 2 is 1.81 bits per heavy atom. The van der Waals surface area contributed by atoms with Crippen LogP contribution in [-0.4, -0.2) is 25.7 Å². The van der Waals surface area contributed by atoms with Crippen molar-refractivity contribution in [1.29, 1.82) is 0 Å². The molecule has 0 aliphatic heterocycles. The van der Waals surface area contributed by atoms with Gasteiger partial charge in [0.15, 0.2) is 5.82 Å². The number of alkyl halides is 3. The summed E-state index contributed by atoms with van der Waals surface area (Å²) >= 11 is 0. The van der Waals surface area contributed by atoms with E-state index in [9.17, 15) is 18.0 Å². The predicted octanol–water partition coefficient (Wildman–Crippen LogP) is 4.74. The maximum atomic E-state index is 13.0. The van der Waals surface area contributed by atoms with E-state index in [2.05, 4.69) is 25.7 Å². The molecular weight excluding hydrogens is 421 g/mol. The fourth-order valence-corrected chi connectivity index (χ4v) is 2.96. The number of amides is 1. The number of hydrogen-bond acceptors (Lipinski definition) is 5. The Hall–Kier alpha value is -4.21. The molecule has 2 N–H and O–H groups in total. The molecule has 32 heavy (non-hydrogen) atoms. The number of nitrogens with one attached hydrogen (secondary N) is 2. The van der Waals surface area contributed by atoms with Crippen LogP contribution in [0.25, 0.3) is 0 Å². The summed E-state index contributed by atoms with van der Waals surface area (Å²) in [5.41, 5.74) is 0.326. The minimum absolute atomic E-state index is 0.122. The summed E-state index contributed by atoms with van der Waals surface area (Å²) in [7, 11) is 0. The van der Waals surface area contributed by atoms with Crippen molar-refractivity contribution in [2.45, 2.75) is 12.7 Å².